The normalized spacial score (nSPS) is 11.1. The summed E-state index contributed by atoms with van der Waals surface area (Å²) in [6, 6.07) is 5.98. The summed E-state index contributed by atoms with van der Waals surface area (Å²) in [5, 5.41) is 16.1. The molecule has 4 nitrogen and oxygen atoms in total. The first-order valence-corrected chi connectivity index (χ1v) is 4.04. The molecule has 0 aliphatic rings. The zero-order valence-electron chi connectivity index (χ0n) is 6.78. The average Bonchev–Trinajstić information content (AvgIpc) is 2.65. The van der Waals surface area contributed by atoms with E-state index >= 15 is 0 Å². The Morgan fingerprint density at radius 3 is 3.23 bits per heavy atom. The minimum atomic E-state index is 0.955. The SMILES string of the molecule is c1cc2ccc3n[nH+]cc3c2[nH]n1. The molecule has 3 rings (SSSR count). The minimum Gasteiger partial charge on any atom is -0.277 e. The van der Waals surface area contributed by atoms with Gasteiger partial charge < -0.3 is 0 Å². The quantitative estimate of drug-likeness (QED) is 0.547. The number of H-pyrrole nitrogens is 2. The largest absolute Gasteiger partial charge is 0.277 e. The summed E-state index contributed by atoms with van der Waals surface area (Å²) in [5.74, 6) is 0. The van der Waals surface area contributed by atoms with E-state index in [9.17, 15) is 0 Å². The van der Waals surface area contributed by atoms with Gasteiger partial charge in [0.15, 0.2) is 0 Å². The maximum atomic E-state index is 4.10. The molecule has 2 N–H and O–H groups in total. The number of rotatable bonds is 0. The molecular weight excluding hydrogens is 164 g/mol. The molecule has 1 aromatic carbocycles. The van der Waals surface area contributed by atoms with Gasteiger partial charge in [0.05, 0.1) is 10.9 Å². The van der Waals surface area contributed by atoms with E-state index in [-0.39, 0.29) is 0 Å². The van der Waals surface area contributed by atoms with E-state index in [0.717, 1.165) is 21.8 Å². The molecule has 13 heavy (non-hydrogen) atoms. The summed E-state index contributed by atoms with van der Waals surface area (Å²) >= 11 is 0. The van der Waals surface area contributed by atoms with E-state index in [4.69, 9.17) is 0 Å². The van der Waals surface area contributed by atoms with Crippen LogP contribution in [0.3, 0.4) is 0 Å². The highest BCUT2D eigenvalue weighted by Crippen LogP contribution is 2.19. The highest BCUT2D eigenvalue weighted by Gasteiger charge is 2.05. The van der Waals surface area contributed by atoms with Crippen LogP contribution in [0.2, 0.25) is 0 Å². The predicted molar refractivity (Wildman–Crippen MR) is 48.0 cm³/mol. The maximum Gasteiger partial charge on any atom is 0.205 e. The molecule has 3 aromatic rings. The summed E-state index contributed by atoms with van der Waals surface area (Å²) in [7, 11) is 0. The first-order chi connectivity index (χ1) is 6.45. The van der Waals surface area contributed by atoms with Crippen molar-refractivity contribution in [2.75, 3.05) is 0 Å². The van der Waals surface area contributed by atoms with Gasteiger partial charge in [-0.2, -0.15) is 5.10 Å². The molecule has 0 amide bonds. The monoisotopic (exact) mass is 171 g/mol. The molecule has 4 heteroatoms. The molecule has 0 spiro atoms. The fourth-order valence-electron chi connectivity index (χ4n) is 1.52. The second-order valence-electron chi connectivity index (χ2n) is 2.90. The van der Waals surface area contributed by atoms with Gasteiger partial charge in [-0.1, -0.05) is 6.07 Å². The molecule has 0 saturated heterocycles. The van der Waals surface area contributed by atoms with Crippen LogP contribution in [0.5, 0.6) is 0 Å². The molecular formula is C9H7N4+. The van der Waals surface area contributed by atoms with Crippen molar-refractivity contribution in [2.45, 2.75) is 0 Å². The van der Waals surface area contributed by atoms with Crippen LogP contribution in [-0.4, -0.2) is 15.3 Å². The number of nitrogens with one attached hydrogen (secondary N) is 2. The summed E-state index contributed by atoms with van der Waals surface area (Å²) in [5.41, 5.74) is 1.98. The van der Waals surface area contributed by atoms with Gasteiger partial charge in [0.25, 0.3) is 0 Å². The van der Waals surface area contributed by atoms with Crippen LogP contribution in [0, 0.1) is 0 Å². The van der Waals surface area contributed by atoms with E-state index in [0.29, 0.717) is 0 Å². The highest BCUT2D eigenvalue weighted by atomic mass is 15.1. The van der Waals surface area contributed by atoms with E-state index in [1.807, 2.05) is 24.4 Å². The fraction of sp³-hybridized carbons (Fsp3) is 0. The van der Waals surface area contributed by atoms with Crippen LogP contribution in [-0.2, 0) is 0 Å². The molecule has 0 radical (unpaired) electrons. The maximum absolute atomic E-state index is 4.10. The van der Waals surface area contributed by atoms with Crippen molar-refractivity contribution in [2.24, 2.45) is 0 Å². The topological polar surface area (TPSA) is 55.7 Å². The van der Waals surface area contributed by atoms with Gasteiger partial charge in [-0.05, 0) is 17.2 Å². The lowest BCUT2D eigenvalue weighted by Crippen LogP contribution is -1.96. The lowest BCUT2D eigenvalue weighted by atomic mass is 10.2. The Morgan fingerprint density at radius 2 is 2.23 bits per heavy atom. The van der Waals surface area contributed by atoms with Gasteiger partial charge in [0.1, 0.15) is 5.52 Å². The third-order valence-corrected chi connectivity index (χ3v) is 2.15. The Bertz CT molecular complexity index is 570. The Hall–Kier alpha value is -1.97. The third-order valence-electron chi connectivity index (χ3n) is 2.15. The highest BCUT2D eigenvalue weighted by molar-refractivity contribution is 6.02. The number of benzene rings is 1. The number of hydrogen-bond donors (Lipinski definition) is 1. The van der Waals surface area contributed by atoms with Crippen molar-refractivity contribution in [3.8, 4) is 0 Å². The summed E-state index contributed by atoms with van der Waals surface area (Å²) < 4.78 is 0. The van der Waals surface area contributed by atoms with Crippen LogP contribution in [0.15, 0.2) is 30.6 Å². The van der Waals surface area contributed by atoms with Gasteiger partial charge in [-0.3, -0.25) is 5.10 Å². The lowest BCUT2D eigenvalue weighted by molar-refractivity contribution is -0.446. The molecule has 0 bridgehead atoms. The second kappa shape index (κ2) is 2.26. The number of aromatic amines is 2. The van der Waals surface area contributed by atoms with Crippen LogP contribution < -0.4 is 5.10 Å². The molecule has 0 aliphatic carbocycles. The minimum absolute atomic E-state index is 0.955. The van der Waals surface area contributed by atoms with Crippen molar-refractivity contribution in [3.63, 3.8) is 0 Å². The van der Waals surface area contributed by atoms with Crippen LogP contribution >= 0.6 is 0 Å². The molecule has 0 saturated carbocycles. The summed E-state index contributed by atoms with van der Waals surface area (Å²) in [6.45, 7) is 0. The van der Waals surface area contributed by atoms with Gasteiger partial charge >= 0.3 is 0 Å². The van der Waals surface area contributed by atoms with Gasteiger partial charge in [-0.15, -0.1) is 5.10 Å². The first kappa shape index (κ1) is 6.54. The standard InChI is InChI=1S/C9H6N4/c1-2-8-7(5-11-12-8)9-6(1)3-4-10-13-9/h1-5,13H/p+1. The Kier molecular flexibility index (Phi) is 1.14. The van der Waals surface area contributed by atoms with E-state index in [2.05, 4.69) is 20.4 Å². The molecule has 0 fully saturated rings. The summed E-state index contributed by atoms with van der Waals surface area (Å²) in [6.07, 6.45) is 3.62. The smallest absolute Gasteiger partial charge is 0.205 e. The Balaban J connectivity index is 2.65. The molecule has 0 unspecified atom stereocenters. The Morgan fingerprint density at radius 1 is 1.23 bits per heavy atom. The van der Waals surface area contributed by atoms with Gasteiger partial charge in [-0.25, -0.2) is 0 Å². The predicted octanol–water partition coefficient (Wildman–Crippen LogP) is 0.925. The Labute approximate surface area is 73.6 Å². The number of aromatic nitrogens is 4. The van der Waals surface area contributed by atoms with Crippen molar-refractivity contribution in [1.82, 2.24) is 15.3 Å². The van der Waals surface area contributed by atoms with Crippen LogP contribution in [0.1, 0.15) is 0 Å². The second-order valence-corrected chi connectivity index (χ2v) is 2.90. The molecule has 0 aliphatic heterocycles. The zero-order chi connectivity index (χ0) is 8.67. The van der Waals surface area contributed by atoms with Crippen molar-refractivity contribution in [1.29, 1.82) is 0 Å². The number of hydrogen-bond acceptors (Lipinski definition) is 2. The summed E-state index contributed by atoms with van der Waals surface area (Å²) in [4.78, 5) is 0. The zero-order valence-corrected chi connectivity index (χ0v) is 6.78. The van der Waals surface area contributed by atoms with Crippen LogP contribution in [0.4, 0.5) is 0 Å². The van der Waals surface area contributed by atoms with Gasteiger partial charge in [0.2, 0.25) is 6.20 Å². The molecule has 0 atom stereocenters. The van der Waals surface area contributed by atoms with E-state index in [1.54, 1.807) is 6.20 Å². The fourth-order valence-corrected chi connectivity index (χ4v) is 1.52. The van der Waals surface area contributed by atoms with Crippen molar-refractivity contribution < 1.29 is 5.10 Å². The third kappa shape index (κ3) is 0.823. The number of nitrogens with zero attached hydrogens (tertiary/aromatic N) is 2. The van der Waals surface area contributed by atoms with Crippen molar-refractivity contribution >= 4 is 21.8 Å². The van der Waals surface area contributed by atoms with Gasteiger partial charge in [0, 0.05) is 11.6 Å². The van der Waals surface area contributed by atoms with E-state index in [1.165, 1.54) is 0 Å². The molecule has 62 valence electrons. The van der Waals surface area contributed by atoms with E-state index < -0.39 is 0 Å². The molecule has 2 heterocycles. The van der Waals surface area contributed by atoms with Crippen molar-refractivity contribution in [3.05, 3.63) is 30.6 Å². The van der Waals surface area contributed by atoms with Crippen LogP contribution in [0.25, 0.3) is 21.8 Å². The average molecular weight is 171 g/mol. The number of fused-ring (bicyclic) bond motifs is 3. The lowest BCUT2D eigenvalue weighted by Gasteiger charge is -1.94. The first-order valence-electron chi connectivity index (χ1n) is 4.04. The molecule has 2 aromatic heterocycles.